The number of amides is 1. The lowest BCUT2D eigenvalue weighted by Gasteiger charge is -2.26. The van der Waals surface area contributed by atoms with Crippen molar-refractivity contribution in [2.24, 2.45) is 0 Å². The molecule has 0 atom stereocenters. The number of sulfonamides is 1. The second kappa shape index (κ2) is 8.65. The fourth-order valence-corrected chi connectivity index (χ4v) is 5.23. The van der Waals surface area contributed by atoms with Crippen molar-refractivity contribution in [3.63, 3.8) is 0 Å². The van der Waals surface area contributed by atoms with Gasteiger partial charge >= 0.3 is 0 Å². The molecule has 30 heavy (non-hydrogen) atoms. The lowest BCUT2D eigenvalue weighted by atomic mass is 10.1. The van der Waals surface area contributed by atoms with Crippen LogP contribution in [-0.4, -0.2) is 49.9 Å². The van der Waals surface area contributed by atoms with Crippen LogP contribution in [0.4, 0.5) is 5.69 Å². The summed E-state index contributed by atoms with van der Waals surface area (Å²) in [5, 5.41) is 5.80. The second-order valence-electron chi connectivity index (χ2n) is 6.79. The number of thiazole rings is 1. The van der Waals surface area contributed by atoms with Crippen molar-refractivity contribution in [1.29, 1.82) is 0 Å². The summed E-state index contributed by atoms with van der Waals surface area (Å²) >= 11 is 1.55. The number of anilines is 1. The van der Waals surface area contributed by atoms with Crippen LogP contribution in [0.3, 0.4) is 0 Å². The van der Waals surface area contributed by atoms with Crippen molar-refractivity contribution in [1.82, 2.24) is 9.29 Å². The molecule has 9 heteroatoms. The Bertz CT molecular complexity index is 1150. The van der Waals surface area contributed by atoms with Crippen LogP contribution in [0, 0.1) is 6.92 Å². The van der Waals surface area contributed by atoms with Gasteiger partial charge in [0.05, 0.1) is 34.5 Å². The van der Waals surface area contributed by atoms with E-state index in [-0.39, 0.29) is 10.8 Å². The first-order valence-electron chi connectivity index (χ1n) is 9.46. The van der Waals surface area contributed by atoms with Gasteiger partial charge in [0.15, 0.2) is 0 Å². The Balaban J connectivity index is 1.53. The van der Waals surface area contributed by atoms with E-state index in [2.05, 4.69) is 10.3 Å². The zero-order valence-corrected chi connectivity index (χ0v) is 18.0. The average Bonchev–Trinajstić information content (AvgIpc) is 3.21. The zero-order valence-electron chi connectivity index (χ0n) is 16.4. The van der Waals surface area contributed by atoms with Gasteiger partial charge in [0.2, 0.25) is 10.0 Å². The second-order valence-corrected chi connectivity index (χ2v) is 9.79. The molecule has 1 aromatic heterocycles. The first kappa shape index (κ1) is 20.7. The summed E-state index contributed by atoms with van der Waals surface area (Å²) in [6, 6.07) is 13.4. The van der Waals surface area contributed by atoms with Gasteiger partial charge < -0.3 is 10.1 Å². The van der Waals surface area contributed by atoms with Gasteiger partial charge in [-0.05, 0) is 37.3 Å². The molecule has 1 fully saturated rings. The zero-order chi connectivity index (χ0) is 21.1. The summed E-state index contributed by atoms with van der Waals surface area (Å²) in [6.07, 6.45) is 0. The highest BCUT2D eigenvalue weighted by atomic mass is 32.2. The summed E-state index contributed by atoms with van der Waals surface area (Å²) in [5.74, 6) is -0.315. The van der Waals surface area contributed by atoms with Gasteiger partial charge in [-0.2, -0.15) is 4.31 Å². The highest BCUT2D eigenvalue weighted by Gasteiger charge is 2.26. The molecule has 156 valence electrons. The molecule has 3 aromatic rings. The van der Waals surface area contributed by atoms with Crippen molar-refractivity contribution in [3.05, 3.63) is 64.5 Å². The minimum Gasteiger partial charge on any atom is -0.379 e. The molecule has 1 saturated heterocycles. The number of ether oxygens (including phenoxy) is 1. The van der Waals surface area contributed by atoms with E-state index < -0.39 is 10.0 Å². The van der Waals surface area contributed by atoms with Crippen LogP contribution in [0.1, 0.15) is 15.4 Å². The molecule has 7 nitrogen and oxygen atoms in total. The number of morpholine rings is 1. The van der Waals surface area contributed by atoms with E-state index in [0.717, 1.165) is 16.3 Å². The molecule has 0 unspecified atom stereocenters. The Morgan fingerprint density at radius 3 is 2.47 bits per heavy atom. The number of aromatic nitrogens is 1. The molecule has 2 heterocycles. The van der Waals surface area contributed by atoms with Gasteiger partial charge in [-0.15, -0.1) is 11.3 Å². The lowest BCUT2D eigenvalue weighted by Crippen LogP contribution is -2.40. The first-order valence-corrected chi connectivity index (χ1v) is 11.8. The third-order valence-corrected chi connectivity index (χ3v) is 7.48. The normalized spacial score (nSPS) is 15.1. The van der Waals surface area contributed by atoms with E-state index in [0.29, 0.717) is 37.6 Å². The van der Waals surface area contributed by atoms with Crippen molar-refractivity contribution < 1.29 is 17.9 Å². The number of para-hydroxylation sites is 1. The third-order valence-electron chi connectivity index (χ3n) is 4.79. The molecule has 1 aliphatic rings. The van der Waals surface area contributed by atoms with Gasteiger partial charge in [0.1, 0.15) is 0 Å². The van der Waals surface area contributed by atoms with Crippen molar-refractivity contribution in [3.8, 4) is 11.3 Å². The van der Waals surface area contributed by atoms with Gasteiger partial charge in [-0.3, -0.25) is 4.79 Å². The molecular weight excluding hydrogens is 422 g/mol. The van der Waals surface area contributed by atoms with E-state index >= 15 is 0 Å². The number of aryl methyl sites for hydroxylation is 1. The first-order chi connectivity index (χ1) is 14.4. The average molecular weight is 444 g/mol. The molecule has 0 saturated carbocycles. The minimum absolute atomic E-state index is 0.166. The maximum absolute atomic E-state index is 12.8. The number of hydrogen-bond donors (Lipinski definition) is 1. The molecular formula is C21H21N3O4S2. The van der Waals surface area contributed by atoms with E-state index in [1.807, 2.05) is 36.6 Å². The fraction of sp³-hybridized carbons (Fsp3) is 0.238. The van der Waals surface area contributed by atoms with Crippen LogP contribution in [0.15, 0.2) is 58.8 Å². The summed E-state index contributed by atoms with van der Waals surface area (Å²) < 4.78 is 32.1. The van der Waals surface area contributed by atoms with Crippen LogP contribution in [0.5, 0.6) is 0 Å². The van der Waals surface area contributed by atoms with Crippen molar-refractivity contribution >= 4 is 33.0 Å². The lowest BCUT2D eigenvalue weighted by molar-refractivity contribution is 0.0730. The highest BCUT2D eigenvalue weighted by molar-refractivity contribution is 7.89. The molecule has 1 amide bonds. The van der Waals surface area contributed by atoms with Crippen LogP contribution in [0.25, 0.3) is 11.3 Å². The van der Waals surface area contributed by atoms with Crippen LogP contribution in [0.2, 0.25) is 0 Å². The summed E-state index contributed by atoms with van der Waals surface area (Å²) in [6.45, 7) is 3.37. The van der Waals surface area contributed by atoms with Gasteiger partial charge in [-0.1, -0.05) is 18.2 Å². The van der Waals surface area contributed by atoms with Gasteiger partial charge in [0, 0.05) is 29.6 Å². The Morgan fingerprint density at radius 1 is 1.10 bits per heavy atom. The highest BCUT2D eigenvalue weighted by Crippen LogP contribution is 2.29. The van der Waals surface area contributed by atoms with E-state index in [9.17, 15) is 13.2 Å². The quantitative estimate of drug-likeness (QED) is 0.653. The standard InChI is InChI=1S/C21H21N3O4S2/c1-15-22-20(14-29-15)18-4-2-3-5-19(18)23-21(25)16-6-8-17(9-7-16)30(26,27)24-10-12-28-13-11-24/h2-9,14H,10-13H2,1H3,(H,23,25). The number of benzene rings is 2. The van der Waals surface area contributed by atoms with E-state index in [1.54, 1.807) is 11.3 Å². The SMILES string of the molecule is Cc1nc(-c2ccccc2NC(=O)c2ccc(S(=O)(=O)N3CCOCC3)cc2)cs1. The van der Waals surface area contributed by atoms with Crippen LogP contribution >= 0.6 is 11.3 Å². The molecule has 1 aliphatic heterocycles. The Labute approximate surface area is 179 Å². The van der Waals surface area contributed by atoms with Gasteiger partial charge in [-0.25, -0.2) is 13.4 Å². The molecule has 0 radical (unpaired) electrons. The topological polar surface area (TPSA) is 88.6 Å². The smallest absolute Gasteiger partial charge is 0.255 e. The van der Waals surface area contributed by atoms with Crippen LogP contribution < -0.4 is 5.32 Å². The van der Waals surface area contributed by atoms with E-state index in [4.69, 9.17) is 4.74 Å². The number of hydrogen-bond acceptors (Lipinski definition) is 6. The third kappa shape index (κ3) is 4.29. The predicted molar refractivity (Wildman–Crippen MR) is 116 cm³/mol. The molecule has 0 bridgehead atoms. The number of carbonyl (C=O) groups excluding carboxylic acids is 1. The number of nitrogens with one attached hydrogen (secondary N) is 1. The van der Waals surface area contributed by atoms with Gasteiger partial charge in [0.25, 0.3) is 5.91 Å². The molecule has 2 aromatic carbocycles. The molecule has 4 rings (SSSR count). The fourth-order valence-electron chi connectivity index (χ4n) is 3.21. The summed E-state index contributed by atoms with van der Waals surface area (Å²) in [7, 11) is -3.59. The summed E-state index contributed by atoms with van der Waals surface area (Å²) in [4.78, 5) is 17.4. The largest absolute Gasteiger partial charge is 0.379 e. The monoisotopic (exact) mass is 443 g/mol. The van der Waals surface area contributed by atoms with Crippen LogP contribution in [-0.2, 0) is 14.8 Å². The Hall–Kier alpha value is -2.59. The van der Waals surface area contributed by atoms with E-state index in [1.165, 1.54) is 28.6 Å². The molecule has 1 N–H and O–H groups in total. The maximum atomic E-state index is 12.8. The number of carbonyl (C=O) groups is 1. The van der Waals surface area contributed by atoms with Crippen molar-refractivity contribution in [2.45, 2.75) is 11.8 Å². The Morgan fingerprint density at radius 2 is 1.80 bits per heavy atom. The number of rotatable bonds is 5. The molecule has 0 aliphatic carbocycles. The Kier molecular flexibility index (Phi) is 5.96. The predicted octanol–water partition coefficient (Wildman–Crippen LogP) is 3.39. The van der Waals surface area contributed by atoms with Crippen molar-refractivity contribution in [2.75, 3.05) is 31.6 Å². The summed E-state index contributed by atoms with van der Waals surface area (Å²) in [5.41, 5.74) is 2.67. The maximum Gasteiger partial charge on any atom is 0.255 e. The number of nitrogens with zero attached hydrogens (tertiary/aromatic N) is 2. The molecule has 0 spiro atoms. The minimum atomic E-state index is -3.59.